The maximum atomic E-state index is 6.58. The van der Waals surface area contributed by atoms with E-state index in [0.29, 0.717) is 25.0 Å². The smallest absolute Gasteiger partial charge is 0.260 e. The lowest BCUT2D eigenvalue weighted by atomic mass is 9.35. The van der Waals surface area contributed by atoms with E-state index in [9.17, 15) is 0 Å². The zero-order valence-electron chi connectivity index (χ0n) is 26.8. The average Bonchev–Trinajstić information content (AvgIpc) is 3.64. The van der Waals surface area contributed by atoms with Gasteiger partial charge < -0.3 is 18.9 Å². The van der Waals surface area contributed by atoms with E-state index in [4.69, 9.17) is 28.9 Å². The molecule has 9 rings (SSSR count). The van der Waals surface area contributed by atoms with Crippen LogP contribution in [0.15, 0.2) is 113 Å². The standard InChI is InChI=1S/C40H33BN2O4/c1-39(2)22-44-37(42-39)28-10-5-8-24(18-28)26-14-16-30-34(20-26)46-32-12-7-13-33-36(32)41(30)31-17-15-27(21-35(31)47-33)25-9-6-11-29(19-25)38-43-40(3,4)23-45-38/h5-21H,22-23H2,1-4H3. The first kappa shape index (κ1) is 28.0. The summed E-state index contributed by atoms with van der Waals surface area (Å²) >= 11 is 0. The van der Waals surface area contributed by atoms with Crippen LogP contribution in [-0.2, 0) is 9.47 Å². The fourth-order valence-electron chi connectivity index (χ4n) is 6.91. The van der Waals surface area contributed by atoms with E-state index < -0.39 is 0 Å². The monoisotopic (exact) mass is 616 g/mol. The lowest BCUT2D eigenvalue weighted by Crippen LogP contribution is -2.57. The normalized spacial score (nSPS) is 17.6. The number of fused-ring (bicyclic) bond motifs is 4. The van der Waals surface area contributed by atoms with Gasteiger partial charge in [0.15, 0.2) is 0 Å². The van der Waals surface area contributed by atoms with E-state index >= 15 is 0 Å². The van der Waals surface area contributed by atoms with Crippen LogP contribution >= 0.6 is 0 Å². The van der Waals surface area contributed by atoms with E-state index in [-0.39, 0.29) is 17.8 Å². The van der Waals surface area contributed by atoms with Gasteiger partial charge >= 0.3 is 0 Å². The summed E-state index contributed by atoms with van der Waals surface area (Å²) in [5.74, 6) is 4.74. The molecule has 0 spiro atoms. The van der Waals surface area contributed by atoms with E-state index in [0.717, 1.165) is 72.8 Å². The lowest BCUT2D eigenvalue weighted by Gasteiger charge is -2.33. The summed E-state index contributed by atoms with van der Waals surface area (Å²) in [6, 6.07) is 35.9. The highest BCUT2D eigenvalue weighted by atomic mass is 16.5. The van der Waals surface area contributed by atoms with Crippen LogP contribution in [0.4, 0.5) is 0 Å². The largest absolute Gasteiger partial charge is 0.475 e. The van der Waals surface area contributed by atoms with Gasteiger partial charge in [0.1, 0.15) is 36.2 Å². The number of hydrogen-bond donors (Lipinski definition) is 0. The minimum atomic E-state index is -0.209. The highest BCUT2D eigenvalue weighted by molar-refractivity contribution is 6.98. The molecule has 7 heteroatoms. The molecule has 4 heterocycles. The Morgan fingerprint density at radius 1 is 0.489 bits per heavy atom. The number of aliphatic imine (C=N–C) groups is 2. The Bertz CT molecular complexity index is 2030. The number of rotatable bonds is 4. The first-order chi connectivity index (χ1) is 22.7. The van der Waals surface area contributed by atoms with E-state index in [1.807, 2.05) is 18.2 Å². The quantitative estimate of drug-likeness (QED) is 0.203. The van der Waals surface area contributed by atoms with Crippen molar-refractivity contribution < 1.29 is 18.9 Å². The summed E-state index contributed by atoms with van der Waals surface area (Å²) in [6.45, 7) is 9.51. The molecule has 0 N–H and O–H groups in total. The third kappa shape index (κ3) is 4.80. The second kappa shape index (κ2) is 10.1. The zero-order chi connectivity index (χ0) is 31.9. The van der Waals surface area contributed by atoms with Crippen molar-refractivity contribution in [1.29, 1.82) is 0 Å². The second-order valence-corrected chi connectivity index (χ2v) is 14.0. The average molecular weight is 617 g/mol. The van der Waals surface area contributed by atoms with Gasteiger partial charge in [0.2, 0.25) is 11.8 Å². The lowest BCUT2D eigenvalue weighted by molar-refractivity contribution is 0.279. The van der Waals surface area contributed by atoms with Crippen molar-refractivity contribution in [2.24, 2.45) is 9.98 Å². The molecule has 4 aliphatic rings. The Morgan fingerprint density at radius 3 is 1.36 bits per heavy atom. The Morgan fingerprint density at radius 2 is 0.915 bits per heavy atom. The molecule has 0 aliphatic carbocycles. The second-order valence-electron chi connectivity index (χ2n) is 14.0. The summed E-state index contributed by atoms with van der Waals surface area (Å²) in [5, 5.41) is 0. The molecule has 0 bridgehead atoms. The van der Waals surface area contributed by atoms with Gasteiger partial charge in [-0.05, 0) is 109 Å². The van der Waals surface area contributed by atoms with Crippen molar-refractivity contribution in [2.45, 2.75) is 38.8 Å². The van der Waals surface area contributed by atoms with Gasteiger partial charge in [-0.25, -0.2) is 9.98 Å². The van der Waals surface area contributed by atoms with Gasteiger partial charge in [0, 0.05) is 16.6 Å². The third-order valence-corrected chi connectivity index (χ3v) is 9.22. The maximum Gasteiger partial charge on any atom is 0.260 e. The topological polar surface area (TPSA) is 61.6 Å². The number of ether oxygens (including phenoxy) is 4. The third-order valence-electron chi connectivity index (χ3n) is 9.22. The van der Waals surface area contributed by atoms with Crippen molar-refractivity contribution in [3.63, 3.8) is 0 Å². The van der Waals surface area contributed by atoms with Gasteiger partial charge in [-0.3, -0.25) is 0 Å². The highest BCUT2D eigenvalue weighted by Crippen LogP contribution is 2.37. The highest BCUT2D eigenvalue weighted by Gasteiger charge is 2.40. The summed E-state index contributed by atoms with van der Waals surface area (Å²) < 4.78 is 25.0. The van der Waals surface area contributed by atoms with Crippen LogP contribution in [0.2, 0.25) is 0 Å². The van der Waals surface area contributed by atoms with Crippen molar-refractivity contribution in [2.75, 3.05) is 13.2 Å². The van der Waals surface area contributed by atoms with E-state index in [1.54, 1.807) is 0 Å². The Labute approximate surface area is 274 Å². The molecule has 4 aliphatic heterocycles. The van der Waals surface area contributed by atoms with E-state index in [2.05, 4.69) is 113 Å². The first-order valence-corrected chi connectivity index (χ1v) is 16.1. The van der Waals surface area contributed by atoms with Crippen molar-refractivity contribution in [1.82, 2.24) is 0 Å². The molecule has 0 amide bonds. The van der Waals surface area contributed by atoms with Gasteiger partial charge in [-0.1, -0.05) is 54.6 Å². The van der Waals surface area contributed by atoms with Crippen LogP contribution in [0.1, 0.15) is 38.8 Å². The van der Waals surface area contributed by atoms with E-state index in [1.165, 1.54) is 0 Å². The van der Waals surface area contributed by atoms with Gasteiger partial charge in [0.05, 0.1) is 11.1 Å². The number of benzene rings is 5. The Hall–Kier alpha value is -5.30. The van der Waals surface area contributed by atoms with Gasteiger partial charge in [-0.2, -0.15) is 0 Å². The summed E-state index contributed by atoms with van der Waals surface area (Å²) in [7, 11) is 0. The minimum absolute atomic E-state index is 0.0126. The molecule has 5 aromatic carbocycles. The fourth-order valence-corrected chi connectivity index (χ4v) is 6.91. The first-order valence-electron chi connectivity index (χ1n) is 16.1. The molecule has 0 aromatic heterocycles. The Balaban J connectivity index is 1.09. The predicted molar refractivity (Wildman–Crippen MR) is 188 cm³/mol. The van der Waals surface area contributed by atoms with Crippen LogP contribution in [0, 0.1) is 0 Å². The van der Waals surface area contributed by atoms with Crippen LogP contribution in [0.5, 0.6) is 23.0 Å². The molecule has 230 valence electrons. The number of nitrogens with zero attached hydrogens (tertiary/aromatic N) is 2. The molecule has 0 saturated carbocycles. The van der Waals surface area contributed by atoms with Crippen LogP contribution in [0.3, 0.4) is 0 Å². The van der Waals surface area contributed by atoms with Gasteiger partial charge in [-0.15, -0.1) is 0 Å². The molecule has 0 atom stereocenters. The number of hydrogen-bond acceptors (Lipinski definition) is 6. The zero-order valence-corrected chi connectivity index (χ0v) is 26.8. The predicted octanol–water partition coefficient (Wildman–Crippen LogP) is 6.86. The molecule has 0 unspecified atom stereocenters. The molecule has 47 heavy (non-hydrogen) atoms. The van der Waals surface area contributed by atoms with Crippen molar-refractivity contribution in [3.8, 4) is 45.3 Å². The van der Waals surface area contributed by atoms with Crippen LogP contribution < -0.4 is 25.9 Å². The fraction of sp³-hybridized carbons (Fsp3) is 0.200. The van der Waals surface area contributed by atoms with Crippen LogP contribution in [-0.4, -0.2) is 42.8 Å². The SMILES string of the molecule is CC1(C)COC(c2cccc(-c3ccc4c(c3)Oc3cccc5c3B4c3ccc(-c4cccc(C6=NC(C)(C)CO6)c4)cc3O5)c2)=N1. The van der Waals surface area contributed by atoms with Gasteiger partial charge in [0.25, 0.3) is 6.71 Å². The van der Waals surface area contributed by atoms with Crippen LogP contribution in [0.25, 0.3) is 22.3 Å². The molecular weight excluding hydrogens is 583 g/mol. The van der Waals surface area contributed by atoms with Crippen molar-refractivity contribution in [3.05, 3.63) is 114 Å². The molecule has 0 radical (unpaired) electrons. The molecule has 5 aromatic rings. The Kier molecular flexibility index (Phi) is 6.01. The minimum Gasteiger partial charge on any atom is -0.475 e. The summed E-state index contributed by atoms with van der Waals surface area (Å²) in [5.41, 5.74) is 9.16. The maximum absolute atomic E-state index is 6.58. The molecule has 0 saturated heterocycles. The summed E-state index contributed by atoms with van der Waals surface area (Å²) in [4.78, 5) is 9.56. The summed E-state index contributed by atoms with van der Waals surface area (Å²) in [6.07, 6.45) is 0. The molecule has 0 fully saturated rings. The van der Waals surface area contributed by atoms with Crippen molar-refractivity contribution >= 4 is 34.9 Å². The molecular formula is C40H33BN2O4. The molecule has 6 nitrogen and oxygen atoms in total.